The molecular formula is C26H33BClN3O2. The average Bonchev–Trinajstić information content (AvgIpc) is 2.98. The summed E-state index contributed by atoms with van der Waals surface area (Å²) in [6, 6.07) is 14.4. The zero-order valence-electron chi connectivity index (χ0n) is 20.0. The van der Waals surface area contributed by atoms with Crippen LogP contribution in [0.2, 0.25) is 17.7 Å². The van der Waals surface area contributed by atoms with Crippen molar-refractivity contribution in [3.63, 3.8) is 0 Å². The summed E-state index contributed by atoms with van der Waals surface area (Å²) in [6.45, 7) is 10.7. The molecule has 0 unspecified atom stereocenters. The molecule has 2 heterocycles. The van der Waals surface area contributed by atoms with Gasteiger partial charge in [-0.1, -0.05) is 69.5 Å². The largest absolute Gasteiger partial charge is 0.326 e. The number of urea groups is 1. The van der Waals surface area contributed by atoms with Crippen molar-refractivity contribution in [2.24, 2.45) is 10.8 Å². The number of hydrogen-bond acceptors (Lipinski definition) is 2. The molecule has 33 heavy (non-hydrogen) atoms. The molecule has 1 atom stereocenters. The quantitative estimate of drug-likeness (QED) is 0.592. The first-order chi connectivity index (χ1) is 15.6. The van der Waals surface area contributed by atoms with Crippen LogP contribution in [0.3, 0.4) is 0 Å². The maximum atomic E-state index is 13.1. The lowest BCUT2D eigenvalue weighted by Crippen LogP contribution is -2.53. The third-order valence-electron chi connectivity index (χ3n) is 7.87. The second-order valence-electron chi connectivity index (χ2n) is 10.8. The molecule has 0 saturated carbocycles. The Morgan fingerprint density at radius 3 is 2.21 bits per heavy atom. The van der Waals surface area contributed by atoms with Crippen LogP contribution in [0.4, 0.5) is 16.2 Å². The number of halogens is 1. The monoisotopic (exact) mass is 465 g/mol. The van der Waals surface area contributed by atoms with Gasteiger partial charge in [0.2, 0.25) is 5.91 Å². The van der Waals surface area contributed by atoms with Crippen LogP contribution in [0.5, 0.6) is 0 Å². The van der Waals surface area contributed by atoms with E-state index in [0.29, 0.717) is 41.2 Å². The van der Waals surface area contributed by atoms with Crippen molar-refractivity contribution in [2.75, 3.05) is 16.8 Å². The van der Waals surface area contributed by atoms with Crippen molar-refractivity contribution in [3.8, 4) is 0 Å². The Bertz CT molecular complexity index is 1000. The summed E-state index contributed by atoms with van der Waals surface area (Å²) < 4.78 is 0. The molecular weight excluding hydrogens is 433 g/mol. The predicted octanol–water partition coefficient (Wildman–Crippen LogP) is 5.42. The Balaban J connectivity index is 1.39. The van der Waals surface area contributed by atoms with Crippen LogP contribution in [-0.4, -0.2) is 31.2 Å². The molecule has 0 aromatic heterocycles. The summed E-state index contributed by atoms with van der Waals surface area (Å²) in [6.07, 6.45) is 3.82. The Morgan fingerprint density at radius 1 is 1.00 bits per heavy atom. The van der Waals surface area contributed by atoms with Crippen molar-refractivity contribution in [1.82, 2.24) is 5.32 Å². The molecule has 4 rings (SSSR count). The molecule has 0 bridgehead atoms. The first kappa shape index (κ1) is 23.7. The van der Waals surface area contributed by atoms with Crippen molar-refractivity contribution >= 4 is 47.1 Å². The average molecular weight is 466 g/mol. The highest BCUT2D eigenvalue weighted by Crippen LogP contribution is 2.52. The van der Waals surface area contributed by atoms with Gasteiger partial charge in [-0.05, 0) is 60.1 Å². The smallest absolute Gasteiger partial charge is 0.319 e. The number of hydrogen-bond donors (Lipinski definition) is 2. The second-order valence-corrected chi connectivity index (χ2v) is 11.2. The van der Waals surface area contributed by atoms with E-state index in [2.05, 4.69) is 62.6 Å². The van der Waals surface area contributed by atoms with Crippen LogP contribution >= 0.6 is 11.6 Å². The number of piperidine rings is 1. The minimum Gasteiger partial charge on any atom is -0.326 e. The lowest BCUT2D eigenvalue weighted by molar-refractivity contribution is -0.121. The summed E-state index contributed by atoms with van der Waals surface area (Å²) in [5, 5.41) is 6.20. The Hall–Kier alpha value is -2.47. The van der Waals surface area contributed by atoms with Gasteiger partial charge in [0.25, 0.3) is 0 Å². The second kappa shape index (κ2) is 9.05. The molecule has 2 saturated heterocycles. The molecule has 0 aliphatic carbocycles. The minimum atomic E-state index is -0.540. The molecule has 7 heteroatoms. The Labute approximate surface area is 202 Å². The summed E-state index contributed by atoms with van der Waals surface area (Å²) in [5.41, 5.74) is 3.49. The van der Waals surface area contributed by atoms with E-state index in [1.807, 2.05) is 0 Å². The fourth-order valence-electron chi connectivity index (χ4n) is 5.14. The maximum Gasteiger partial charge on any atom is 0.319 e. The van der Waals surface area contributed by atoms with Crippen LogP contribution < -0.4 is 21.0 Å². The van der Waals surface area contributed by atoms with E-state index in [9.17, 15) is 9.59 Å². The number of anilines is 2. The summed E-state index contributed by atoms with van der Waals surface area (Å²) in [5.74, 6) is -0.0663. The zero-order chi connectivity index (χ0) is 23.8. The first-order valence-corrected chi connectivity index (χ1v) is 12.2. The van der Waals surface area contributed by atoms with E-state index in [1.54, 1.807) is 29.2 Å². The molecule has 5 nitrogen and oxygen atoms in total. The first-order valence-electron chi connectivity index (χ1n) is 11.8. The Morgan fingerprint density at radius 2 is 1.61 bits per heavy atom. The van der Waals surface area contributed by atoms with E-state index in [-0.39, 0.29) is 11.9 Å². The molecule has 2 aromatic carbocycles. The molecule has 2 N–H and O–H groups in total. The van der Waals surface area contributed by atoms with E-state index in [1.165, 1.54) is 18.1 Å². The molecule has 0 spiro atoms. The molecule has 2 fully saturated rings. The van der Waals surface area contributed by atoms with Gasteiger partial charge >= 0.3 is 6.03 Å². The molecule has 2 aliphatic heterocycles. The minimum absolute atomic E-state index is 0.0663. The topological polar surface area (TPSA) is 61.4 Å². The summed E-state index contributed by atoms with van der Waals surface area (Å²) in [7, 11) is 0. The number of benzene rings is 2. The van der Waals surface area contributed by atoms with Crippen LogP contribution in [0, 0.1) is 10.8 Å². The van der Waals surface area contributed by atoms with E-state index in [0.717, 1.165) is 12.1 Å². The van der Waals surface area contributed by atoms with Crippen molar-refractivity contribution in [2.45, 2.75) is 59.2 Å². The maximum absolute atomic E-state index is 13.1. The highest BCUT2D eigenvalue weighted by Gasteiger charge is 2.48. The molecule has 2 aromatic rings. The van der Waals surface area contributed by atoms with Gasteiger partial charge in [0.05, 0.1) is 0 Å². The predicted molar refractivity (Wildman–Crippen MR) is 138 cm³/mol. The fourth-order valence-corrected chi connectivity index (χ4v) is 5.27. The number of nitrogens with one attached hydrogen (secondary N) is 2. The van der Waals surface area contributed by atoms with Gasteiger partial charge in [0.1, 0.15) is 6.04 Å². The van der Waals surface area contributed by atoms with Crippen LogP contribution in [0.25, 0.3) is 0 Å². The molecule has 0 radical (unpaired) electrons. The van der Waals surface area contributed by atoms with Crippen LogP contribution in [0.15, 0.2) is 48.5 Å². The molecule has 2 aliphatic rings. The number of rotatable bonds is 4. The molecule has 174 valence electrons. The van der Waals surface area contributed by atoms with Crippen LogP contribution in [-0.2, 0) is 4.79 Å². The van der Waals surface area contributed by atoms with Gasteiger partial charge in [-0.25, -0.2) is 4.79 Å². The van der Waals surface area contributed by atoms with Gasteiger partial charge in [-0.2, -0.15) is 0 Å². The number of carbonyl (C=O) groups is 2. The van der Waals surface area contributed by atoms with Crippen molar-refractivity contribution in [1.29, 1.82) is 0 Å². The lowest BCUT2D eigenvalue weighted by Gasteiger charge is -2.35. The van der Waals surface area contributed by atoms with Gasteiger partial charge in [-0.3, -0.25) is 4.79 Å². The zero-order valence-corrected chi connectivity index (χ0v) is 20.7. The van der Waals surface area contributed by atoms with Gasteiger partial charge in [0, 0.05) is 22.9 Å². The van der Waals surface area contributed by atoms with Gasteiger partial charge < -0.3 is 15.5 Å². The van der Waals surface area contributed by atoms with E-state index >= 15 is 0 Å². The number of nitrogens with zero attached hydrogens (tertiary/aromatic N) is 1. The normalized spacial score (nSPS) is 21.7. The van der Waals surface area contributed by atoms with Gasteiger partial charge in [0.15, 0.2) is 6.71 Å². The third-order valence-corrected chi connectivity index (χ3v) is 8.12. The highest BCUT2D eigenvalue weighted by molar-refractivity contribution is 6.74. The van der Waals surface area contributed by atoms with E-state index < -0.39 is 6.04 Å². The van der Waals surface area contributed by atoms with Crippen LogP contribution in [0.1, 0.15) is 40.5 Å². The lowest BCUT2D eigenvalue weighted by atomic mass is 9.42. The van der Waals surface area contributed by atoms with Crippen molar-refractivity contribution in [3.05, 3.63) is 53.6 Å². The van der Waals surface area contributed by atoms with Gasteiger partial charge in [-0.15, -0.1) is 0 Å². The number of carbonyl (C=O) groups excluding carboxylic acids is 2. The Kier molecular flexibility index (Phi) is 6.50. The standard InChI is InChI=1S/C26H33BClN3O2/c1-25(2)16-27(17-26(25,3)4)18-7-13-21(14-8-18)31-15-5-6-22(23(31)32)30-24(33)29-20-11-9-19(28)10-12-20/h7-14,22H,5-6,15-17H2,1-4H3,(H2,29,30,33)/t22-/m1/s1. The SMILES string of the molecule is CC1(C)CB(c2ccc(N3CCC[C@@H](NC(=O)Nc4ccc(Cl)cc4)C3=O)cc2)CC1(C)C. The summed E-state index contributed by atoms with van der Waals surface area (Å²) in [4.78, 5) is 27.4. The highest BCUT2D eigenvalue weighted by atomic mass is 35.5. The number of amides is 3. The molecule has 3 amide bonds. The van der Waals surface area contributed by atoms with E-state index in [4.69, 9.17) is 11.6 Å². The summed E-state index contributed by atoms with van der Waals surface area (Å²) >= 11 is 5.89. The fraction of sp³-hybridized carbons (Fsp3) is 0.462. The third kappa shape index (κ3) is 5.06. The van der Waals surface area contributed by atoms with Crippen molar-refractivity contribution < 1.29 is 9.59 Å².